The van der Waals surface area contributed by atoms with Crippen molar-refractivity contribution >= 4 is 11.6 Å². The first kappa shape index (κ1) is 17.5. The van der Waals surface area contributed by atoms with Crippen molar-refractivity contribution in [3.63, 3.8) is 0 Å². The second kappa shape index (κ2) is 7.36. The molecule has 7 nitrogen and oxygen atoms in total. The molecule has 142 valence electrons. The minimum Gasteiger partial charge on any atom is -0.493 e. The van der Waals surface area contributed by atoms with Crippen LogP contribution in [0.15, 0.2) is 30.3 Å². The van der Waals surface area contributed by atoms with Crippen LogP contribution in [-0.2, 0) is 9.53 Å². The molecule has 1 N–H and O–H groups in total. The molecule has 0 saturated carbocycles. The summed E-state index contributed by atoms with van der Waals surface area (Å²) in [6, 6.07) is 9.56. The molecule has 2 aromatic rings. The molecule has 0 radical (unpaired) electrons. The normalized spacial score (nSPS) is 17.3. The molecule has 7 heteroatoms. The van der Waals surface area contributed by atoms with Crippen molar-refractivity contribution in [1.29, 1.82) is 0 Å². The van der Waals surface area contributed by atoms with E-state index in [0.717, 1.165) is 16.8 Å². The number of amides is 1. The maximum Gasteiger partial charge on any atom is 0.231 e. The van der Waals surface area contributed by atoms with Gasteiger partial charge in [-0.1, -0.05) is 6.07 Å². The van der Waals surface area contributed by atoms with Crippen LogP contribution in [0, 0.1) is 0 Å². The third-order valence-corrected chi connectivity index (χ3v) is 4.70. The number of anilines is 1. The average molecular weight is 371 g/mol. The summed E-state index contributed by atoms with van der Waals surface area (Å²) >= 11 is 0. The minimum absolute atomic E-state index is 0.0434. The second-order valence-electron chi connectivity index (χ2n) is 6.35. The lowest BCUT2D eigenvalue weighted by atomic mass is 9.84. The molecule has 2 aliphatic heterocycles. The van der Waals surface area contributed by atoms with E-state index >= 15 is 0 Å². The molecule has 1 amide bonds. The van der Waals surface area contributed by atoms with Gasteiger partial charge in [0.25, 0.3) is 0 Å². The van der Waals surface area contributed by atoms with E-state index in [1.807, 2.05) is 30.3 Å². The number of carbonyl (C=O) groups is 1. The molecule has 0 aliphatic carbocycles. The molecular formula is C20H21NO6. The number of rotatable bonds is 6. The van der Waals surface area contributed by atoms with Crippen molar-refractivity contribution in [2.75, 3.05) is 39.5 Å². The number of hydrogen-bond donors (Lipinski definition) is 1. The molecule has 27 heavy (non-hydrogen) atoms. The molecule has 1 atom stereocenters. The molecule has 4 rings (SSSR count). The second-order valence-corrected chi connectivity index (χ2v) is 6.35. The highest BCUT2D eigenvalue weighted by molar-refractivity contribution is 5.95. The summed E-state index contributed by atoms with van der Waals surface area (Å²) in [7, 11) is 3.22. The molecule has 0 aromatic heterocycles. The fourth-order valence-corrected chi connectivity index (χ4v) is 3.43. The first-order valence-electron chi connectivity index (χ1n) is 8.72. The predicted octanol–water partition coefficient (Wildman–Crippen LogP) is 2.92. The van der Waals surface area contributed by atoms with Gasteiger partial charge < -0.3 is 29.0 Å². The molecule has 0 fully saturated rings. The Morgan fingerprint density at radius 1 is 1.15 bits per heavy atom. The highest BCUT2D eigenvalue weighted by atomic mass is 16.7. The third-order valence-electron chi connectivity index (χ3n) is 4.70. The van der Waals surface area contributed by atoms with Crippen LogP contribution >= 0.6 is 0 Å². The van der Waals surface area contributed by atoms with Crippen molar-refractivity contribution in [2.24, 2.45) is 0 Å². The zero-order valence-electron chi connectivity index (χ0n) is 15.2. The summed E-state index contributed by atoms with van der Waals surface area (Å²) in [5.41, 5.74) is 2.72. The number of hydrogen-bond acceptors (Lipinski definition) is 6. The average Bonchev–Trinajstić information content (AvgIpc) is 3.15. The van der Waals surface area contributed by atoms with Gasteiger partial charge in [-0.15, -0.1) is 0 Å². The number of nitrogens with one attached hydrogen (secondary N) is 1. The molecular weight excluding hydrogens is 350 g/mol. The van der Waals surface area contributed by atoms with Gasteiger partial charge in [0.1, 0.15) is 12.4 Å². The van der Waals surface area contributed by atoms with E-state index in [1.165, 1.54) is 0 Å². The van der Waals surface area contributed by atoms with Crippen molar-refractivity contribution in [3.05, 3.63) is 41.5 Å². The fraction of sp³-hybridized carbons (Fsp3) is 0.350. The molecule has 0 saturated heterocycles. The predicted molar refractivity (Wildman–Crippen MR) is 98.0 cm³/mol. The Morgan fingerprint density at radius 3 is 2.85 bits per heavy atom. The smallest absolute Gasteiger partial charge is 0.231 e. The van der Waals surface area contributed by atoms with Crippen molar-refractivity contribution in [2.45, 2.75) is 12.3 Å². The van der Waals surface area contributed by atoms with Crippen molar-refractivity contribution < 1.29 is 28.5 Å². The largest absolute Gasteiger partial charge is 0.493 e. The van der Waals surface area contributed by atoms with Crippen LogP contribution in [0.5, 0.6) is 23.0 Å². The molecule has 0 spiro atoms. The van der Waals surface area contributed by atoms with E-state index in [4.69, 9.17) is 23.7 Å². The Morgan fingerprint density at radius 2 is 2.04 bits per heavy atom. The summed E-state index contributed by atoms with van der Waals surface area (Å²) in [5.74, 6) is 2.38. The third kappa shape index (κ3) is 3.38. The monoisotopic (exact) mass is 371 g/mol. The number of fused-ring (bicyclic) bond motifs is 2. The van der Waals surface area contributed by atoms with Crippen molar-refractivity contribution in [1.82, 2.24) is 0 Å². The molecule has 2 heterocycles. The standard InChI is InChI=1S/C20H21NO6/c1-23-5-6-25-13-3-4-14-15(10-19(22)21-16(14)9-13)12-7-17(24-2)20-18(8-12)26-11-27-20/h3-4,7-9,15H,5-6,10-11H2,1-2H3,(H,21,22). The van der Waals surface area contributed by atoms with Gasteiger partial charge >= 0.3 is 0 Å². The lowest BCUT2D eigenvalue weighted by Gasteiger charge is -2.27. The van der Waals surface area contributed by atoms with E-state index in [2.05, 4.69) is 5.32 Å². The maximum atomic E-state index is 12.3. The maximum absolute atomic E-state index is 12.3. The van der Waals surface area contributed by atoms with Gasteiger partial charge in [0.2, 0.25) is 18.4 Å². The van der Waals surface area contributed by atoms with Gasteiger partial charge in [-0.2, -0.15) is 0 Å². The van der Waals surface area contributed by atoms with Crippen LogP contribution in [0.4, 0.5) is 5.69 Å². The van der Waals surface area contributed by atoms with Crippen LogP contribution in [0.1, 0.15) is 23.5 Å². The summed E-state index contributed by atoms with van der Waals surface area (Å²) in [6.45, 7) is 1.12. The minimum atomic E-state index is -0.106. The zero-order valence-corrected chi connectivity index (χ0v) is 15.2. The molecule has 2 aromatic carbocycles. The first-order chi connectivity index (χ1) is 13.2. The van der Waals surface area contributed by atoms with E-state index in [0.29, 0.717) is 42.6 Å². The van der Waals surface area contributed by atoms with Gasteiger partial charge in [-0.05, 0) is 29.3 Å². The molecule has 1 unspecified atom stereocenters. The highest BCUT2D eigenvalue weighted by Crippen LogP contribution is 2.46. The van der Waals surface area contributed by atoms with Crippen LogP contribution in [0.25, 0.3) is 0 Å². The lowest BCUT2D eigenvalue weighted by Crippen LogP contribution is -2.23. The van der Waals surface area contributed by atoms with Gasteiger partial charge in [-0.3, -0.25) is 4.79 Å². The van der Waals surface area contributed by atoms with Gasteiger partial charge in [-0.25, -0.2) is 0 Å². The quantitative estimate of drug-likeness (QED) is 0.787. The number of ether oxygens (including phenoxy) is 5. The molecule has 0 bridgehead atoms. The van der Waals surface area contributed by atoms with Gasteiger partial charge in [0.05, 0.1) is 13.7 Å². The number of benzene rings is 2. The summed E-state index contributed by atoms with van der Waals surface area (Å²) < 4.78 is 27.1. The van der Waals surface area contributed by atoms with Gasteiger partial charge in [0.15, 0.2) is 11.5 Å². The van der Waals surface area contributed by atoms with Crippen molar-refractivity contribution in [3.8, 4) is 23.0 Å². The fourth-order valence-electron chi connectivity index (χ4n) is 3.43. The highest BCUT2D eigenvalue weighted by Gasteiger charge is 2.30. The van der Waals surface area contributed by atoms with Crippen LogP contribution < -0.4 is 24.3 Å². The molecule has 2 aliphatic rings. The topological polar surface area (TPSA) is 75.3 Å². The Balaban J connectivity index is 1.68. The van der Waals surface area contributed by atoms with E-state index < -0.39 is 0 Å². The van der Waals surface area contributed by atoms with E-state index in [1.54, 1.807) is 14.2 Å². The van der Waals surface area contributed by atoms with E-state index in [-0.39, 0.29) is 18.6 Å². The Hall–Kier alpha value is -2.93. The van der Waals surface area contributed by atoms with Crippen LogP contribution in [0.2, 0.25) is 0 Å². The number of methoxy groups -OCH3 is 2. The first-order valence-corrected chi connectivity index (χ1v) is 8.72. The summed E-state index contributed by atoms with van der Waals surface area (Å²) in [5, 5.41) is 2.93. The summed E-state index contributed by atoms with van der Waals surface area (Å²) in [4.78, 5) is 12.3. The SMILES string of the molecule is COCCOc1ccc2c(c1)NC(=O)CC2c1cc(OC)c2c(c1)OCO2. The number of carbonyl (C=O) groups excluding carboxylic acids is 1. The lowest BCUT2D eigenvalue weighted by molar-refractivity contribution is -0.116. The van der Waals surface area contributed by atoms with Gasteiger partial charge in [0, 0.05) is 31.2 Å². The van der Waals surface area contributed by atoms with Crippen LogP contribution in [0.3, 0.4) is 0 Å². The van der Waals surface area contributed by atoms with E-state index in [9.17, 15) is 4.79 Å². The zero-order chi connectivity index (χ0) is 18.8. The Bertz CT molecular complexity index is 866. The van der Waals surface area contributed by atoms with Crippen LogP contribution in [-0.4, -0.2) is 40.1 Å². The Labute approximate surface area is 157 Å². The summed E-state index contributed by atoms with van der Waals surface area (Å²) in [6.07, 6.45) is 0.347. The Kier molecular flexibility index (Phi) is 4.77.